The number of rotatable bonds is 5. The van der Waals surface area contributed by atoms with Gasteiger partial charge >= 0.3 is 0 Å². The van der Waals surface area contributed by atoms with Gasteiger partial charge in [-0.1, -0.05) is 0 Å². The molecule has 114 valence electrons. The number of H-pyrrole nitrogens is 1. The van der Waals surface area contributed by atoms with Gasteiger partial charge in [0.05, 0.1) is 17.1 Å². The Morgan fingerprint density at radius 3 is 2.67 bits per heavy atom. The number of nitrogens with zero attached hydrogens (tertiary/aromatic N) is 2. The third-order valence-corrected chi connectivity index (χ3v) is 5.23. The minimum atomic E-state index is -3.74. The number of pyridine rings is 1. The molecule has 0 spiro atoms. The maximum absolute atomic E-state index is 12.5. The first-order valence-corrected chi connectivity index (χ1v) is 8.47. The van der Waals surface area contributed by atoms with E-state index in [0.29, 0.717) is 23.6 Å². The Morgan fingerprint density at radius 1 is 1.33 bits per heavy atom. The van der Waals surface area contributed by atoms with Crippen LogP contribution in [0.15, 0.2) is 21.5 Å². The molecule has 2 rings (SSSR count). The second-order valence-electron chi connectivity index (χ2n) is 4.52. The van der Waals surface area contributed by atoms with Crippen molar-refractivity contribution in [3.8, 4) is 0 Å². The number of hydrogen-bond donors (Lipinski definition) is 3. The molecule has 0 amide bonds. The molecular weight excluding hydrogens is 358 g/mol. The zero-order valence-corrected chi connectivity index (χ0v) is 14.3. The fourth-order valence-electron chi connectivity index (χ4n) is 1.90. The quantitative estimate of drug-likeness (QED) is 0.740. The van der Waals surface area contributed by atoms with Gasteiger partial charge in [0.1, 0.15) is 10.7 Å². The van der Waals surface area contributed by atoms with Crippen molar-refractivity contribution < 1.29 is 8.42 Å². The largest absolute Gasteiger partial charge is 0.314 e. The highest BCUT2D eigenvalue weighted by Gasteiger charge is 2.24. The first-order valence-electron chi connectivity index (χ1n) is 6.19. The van der Waals surface area contributed by atoms with E-state index >= 15 is 0 Å². The van der Waals surface area contributed by atoms with Gasteiger partial charge in [-0.2, -0.15) is 5.10 Å². The second-order valence-corrected chi connectivity index (χ2v) is 7.00. The van der Waals surface area contributed by atoms with E-state index in [-0.39, 0.29) is 10.7 Å². The predicted octanol–water partition coefficient (Wildman–Crippen LogP) is 1.70. The first kappa shape index (κ1) is 15.9. The third-order valence-electron chi connectivity index (χ3n) is 2.83. The summed E-state index contributed by atoms with van der Waals surface area (Å²) in [5.74, 6) is 0.270. The molecule has 9 heteroatoms. The van der Waals surface area contributed by atoms with Crippen LogP contribution < -0.4 is 10.0 Å². The summed E-state index contributed by atoms with van der Waals surface area (Å²) in [6, 6.07) is 3.35. The van der Waals surface area contributed by atoms with Gasteiger partial charge < -0.3 is 5.32 Å². The highest BCUT2D eigenvalue weighted by molar-refractivity contribution is 9.10. The maximum Gasteiger partial charge on any atom is 0.266 e. The maximum atomic E-state index is 12.5. The molecule has 0 unspecified atom stereocenters. The Kier molecular flexibility index (Phi) is 4.64. The molecule has 3 N–H and O–H groups in total. The van der Waals surface area contributed by atoms with Crippen LogP contribution in [0, 0.1) is 13.8 Å². The van der Waals surface area contributed by atoms with Gasteiger partial charge in [0, 0.05) is 11.0 Å². The Balaban J connectivity index is 2.38. The Hall–Kier alpha value is -1.45. The molecule has 0 aromatic carbocycles. The summed E-state index contributed by atoms with van der Waals surface area (Å²) < 4.78 is 28.4. The van der Waals surface area contributed by atoms with Gasteiger partial charge in [-0.05, 0) is 49.0 Å². The Morgan fingerprint density at radius 2 is 2.05 bits per heavy atom. The minimum Gasteiger partial charge on any atom is -0.314 e. The van der Waals surface area contributed by atoms with Crippen LogP contribution in [0.4, 0.5) is 5.82 Å². The van der Waals surface area contributed by atoms with Gasteiger partial charge in [-0.25, -0.2) is 13.4 Å². The average molecular weight is 374 g/mol. The van der Waals surface area contributed by atoms with Crippen LogP contribution in [0.25, 0.3) is 0 Å². The molecule has 0 radical (unpaired) electrons. The molecule has 2 heterocycles. The lowest BCUT2D eigenvalue weighted by atomic mass is 10.4. The van der Waals surface area contributed by atoms with Crippen molar-refractivity contribution >= 4 is 31.8 Å². The number of hydrogen-bond acceptors (Lipinski definition) is 5. The lowest BCUT2D eigenvalue weighted by molar-refractivity contribution is 0.598. The van der Waals surface area contributed by atoms with E-state index in [2.05, 4.69) is 41.2 Å². The number of halogens is 1. The van der Waals surface area contributed by atoms with E-state index in [9.17, 15) is 8.42 Å². The molecule has 0 saturated heterocycles. The van der Waals surface area contributed by atoms with Crippen molar-refractivity contribution in [3.05, 3.63) is 33.7 Å². The van der Waals surface area contributed by atoms with Crippen molar-refractivity contribution in [2.24, 2.45) is 0 Å². The molecule has 21 heavy (non-hydrogen) atoms. The number of aromatic amines is 1. The number of sulfonamides is 1. The lowest BCUT2D eigenvalue weighted by Gasteiger charge is -2.09. The van der Waals surface area contributed by atoms with Crippen molar-refractivity contribution in [3.63, 3.8) is 0 Å². The molecule has 0 saturated carbocycles. The molecule has 0 aliphatic rings. The van der Waals surface area contributed by atoms with Crippen molar-refractivity contribution in [1.82, 2.24) is 20.5 Å². The fourth-order valence-corrected chi connectivity index (χ4v) is 3.49. The molecule has 0 aliphatic heterocycles. The summed E-state index contributed by atoms with van der Waals surface area (Å²) in [4.78, 5) is 4.34. The Labute approximate surface area is 131 Å². The molecule has 2 aromatic rings. The van der Waals surface area contributed by atoms with Gasteiger partial charge in [0.2, 0.25) is 0 Å². The molecule has 0 bridgehead atoms. The summed E-state index contributed by atoms with van der Waals surface area (Å²) in [6.07, 6.45) is 0. The van der Waals surface area contributed by atoms with Gasteiger partial charge in [0.25, 0.3) is 10.0 Å². The standard InChI is InChI=1S/C12H16BrN5O2S/c1-7-9(13)4-5-11(15-7)18-21(19,20)12-8(2)16-17-10(12)6-14-3/h4-5,14H,6H2,1-3H3,(H,15,18)(H,16,17). The average Bonchev–Trinajstić information content (AvgIpc) is 2.76. The summed E-state index contributed by atoms with van der Waals surface area (Å²) in [7, 11) is -2.02. The molecule has 2 aromatic heterocycles. The summed E-state index contributed by atoms with van der Waals surface area (Å²) >= 11 is 3.33. The normalized spacial score (nSPS) is 11.6. The van der Waals surface area contributed by atoms with Crippen LogP contribution in [0.1, 0.15) is 17.1 Å². The highest BCUT2D eigenvalue weighted by Crippen LogP contribution is 2.22. The zero-order chi connectivity index (χ0) is 15.6. The number of nitrogens with one attached hydrogen (secondary N) is 3. The molecule has 0 atom stereocenters. The number of aryl methyl sites for hydroxylation is 2. The van der Waals surface area contributed by atoms with Crippen LogP contribution in [0.5, 0.6) is 0 Å². The molecule has 0 aliphatic carbocycles. The summed E-state index contributed by atoms with van der Waals surface area (Å²) in [5.41, 5.74) is 1.63. The Bertz CT molecular complexity index is 757. The van der Waals surface area contributed by atoms with Crippen molar-refractivity contribution in [2.45, 2.75) is 25.3 Å². The van der Waals surface area contributed by atoms with Crippen LogP contribution in [-0.2, 0) is 16.6 Å². The van der Waals surface area contributed by atoms with Gasteiger partial charge in [-0.3, -0.25) is 9.82 Å². The van der Waals surface area contributed by atoms with Crippen molar-refractivity contribution in [1.29, 1.82) is 0 Å². The first-order chi connectivity index (χ1) is 9.85. The van der Waals surface area contributed by atoms with Crippen LogP contribution in [0.2, 0.25) is 0 Å². The van der Waals surface area contributed by atoms with Crippen LogP contribution in [-0.4, -0.2) is 30.6 Å². The zero-order valence-electron chi connectivity index (χ0n) is 11.9. The van der Waals surface area contributed by atoms with E-state index in [1.54, 1.807) is 33.0 Å². The number of anilines is 1. The molecular formula is C12H16BrN5O2S. The van der Waals surface area contributed by atoms with E-state index in [4.69, 9.17) is 0 Å². The van der Waals surface area contributed by atoms with Crippen molar-refractivity contribution in [2.75, 3.05) is 11.8 Å². The smallest absolute Gasteiger partial charge is 0.266 e. The summed E-state index contributed by atoms with van der Waals surface area (Å²) in [5, 5.41) is 9.60. The van der Waals surface area contributed by atoms with Gasteiger partial charge in [-0.15, -0.1) is 0 Å². The van der Waals surface area contributed by atoms with Crippen LogP contribution in [0.3, 0.4) is 0 Å². The van der Waals surface area contributed by atoms with Gasteiger partial charge in [0.15, 0.2) is 0 Å². The number of aromatic nitrogens is 3. The molecule has 7 nitrogen and oxygen atoms in total. The van der Waals surface area contributed by atoms with E-state index in [1.165, 1.54) is 0 Å². The lowest BCUT2D eigenvalue weighted by Crippen LogP contribution is -2.18. The molecule has 0 fully saturated rings. The van der Waals surface area contributed by atoms with E-state index in [1.807, 2.05) is 0 Å². The minimum absolute atomic E-state index is 0.152. The predicted molar refractivity (Wildman–Crippen MR) is 83.6 cm³/mol. The third kappa shape index (κ3) is 3.42. The highest BCUT2D eigenvalue weighted by atomic mass is 79.9. The van der Waals surface area contributed by atoms with Crippen LogP contribution >= 0.6 is 15.9 Å². The SMILES string of the molecule is CNCc1n[nH]c(C)c1S(=O)(=O)Nc1ccc(Br)c(C)n1. The monoisotopic (exact) mass is 373 g/mol. The van der Waals surface area contributed by atoms with E-state index in [0.717, 1.165) is 4.47 Å². The second kappa shape index (κ2) is 6.12. The fraction of sp³-hybridized carbons (Fsp3) is 0.333. The van der Waals surface area contributed by atoms with E-state index < -0.39 is 10.0 Å². The summed E-state index contributed by atoms with van der Waals surface area (Å²) in [6.45, 7) is 3.81. The topological polar surface area (TPSA) is 99.8 Å².